The standard InChI is InChI=1S/C14H15BrF2N2S/c1-3-9-6-19-14(20-9)8(2)18-7-10-12(16)5-4-11(15)13(10)17/h4-6,8,18H,3,7H2,1-2H3. The van der Waals surface area contributed by atoms with Crippen molar-refractivity contribution < 1.29 is 8.78 Å². The molecule has 108 valence electrons. The van der Waals surface area contributed by atoms with E-state index in [0.717, 1.165) is 11.4 Å². The largest absolute Gasteiger partial charge is 0.304 e. The van der Waals surface area contributed by atoms with Gasteiger partial charge in [0.1, 0.15) is 16.6 Å². The van der Waals surface area contributed by atoms with Crippen LogP contribution in [0, 0.1) is 11.6 Å². The Morgan fingerprint density at radius 2 is 2.15 bits per heavy atom. The van der Waals surface area contributed by atoms with Gasteiger partial charge in [0.2, 0.25) is 0 Å². The number of aromatic nitrogens is 1. The molecule has 1 aromatic carbocycles. The first-order chi connectivity index (χ1) is 9.52. The zero-order valence-corrected chi connectivity index (χ0v) is 13.6. The number of hydrogen-bond donors (Lipinski definition) is 1. The molecule has 0 radical (unpaired) electrons. The van der Waals surface area contributed by atoms with Gasteiger partial charge in [-0.05, 0) is 41.4 Å². The lowest BCUT2D eigenvalue weighted by atomic mass is 10.2. The summed E-state index contributed by atoms with van der Waals surface area (Å²) in [5.41, 5.74) is 0.0403. The van der Waals surface area contributed by atoms with Crippen LogP contribution in [-0.4, -0.2) is 4.98 Å². The Hall–Kier alpha value is -0.850. The zero-order chi connectivity index (χ0) is 14.7. The number of halogens is 3. The number of hydrogen-bond acceptors (Lipinski definition) is 3. The first-order valence-corrected chi connectivity index (χ1v) is 7.94. The molecule has 2 aromatic rings. The highest BCUT2D eigenvalue weighted by Gasteiger charge is 2.15. The smallest absolute Gasteiger partial charge is 0.144 e. The van der Waals surface area contributed by atoms with E-state index >= 15 is 0 Å². The molecule has 6 heteroatoms. The van der Waals surface area contributed by atoms with Crippen LogP contribution in [-0.2, 0) is 13.0 Å². The predicted octanol–water partition coefficient (Wildman–Crippen LogP) is 4.60. The molecular weight excluding hydrogens is 346 g/mol. The third kappa shape index (κ3) is 3.42. The van der Waals surface area contributed by atoms with Gasteiger partial charge in [0, 0.05) is 23.2 Å². The van der Waals surface area contributed by atoms with E-state index in [1.54, 1.807) is 11.3 Å². The second-order valence-electron chi connectivity index (χ2n) is 4.44. The quantitative estimate of drug-likeness (QED) is 0.788. The first-order valence-electron chi connectivity index (χ1n) is 6.33. The van der Waals surface area contributed by atoms with Crippen molar-refractivity contribution in [3.8, 4) is 0 Å². The number of nitrogens with one attached hydrogen (secondary N) is 1. The van der Waals surface area contributed by atoms with E-state index in [9.17, 15) is 8.78 Å². The summed E-state index contributed by atoms with van der Waals surface area (Å²) in [6, 6.07) is 2.58. The Bertz CT molecular complexity index is 601. The van der Waals surface area contributed by atoms with Gasteiger partial charge in [-0.2, -0.15) is 0 Å². The summed E-state index contributed by atoms with van der Waals surface area (Å²) < 4.78 is 27.7. The van der Waals surface area contributed by atoms with E-state index in [1.807, 2.05) is 13.1 Å². The third-order valence-electron chi connectivity index (χ3n) is 3.01. The number of benzene rings is 1. The maximum atomic E-state index is 13.8. The van der Waals surface area contributed by atoms with Crippen molar-refractivity contribution in [1.29, 1.82) is 0 Å². The molecule has 0 aliphatic rings. The molecule has 2 rings (SSSR count). The Balaban J connectivity index is 2.07. The summed E-state index contributed by atoms with van der Waals surface area (Å²) >= 11 is 4.68. The Morgan fingerprint density at radius 1 is 1.40 bits per heavy atom. The highest BCUT2D eigenvalue weighted by atomic mass is 79.9. The molecular formula is C14H15BrF2N2S. The number of nitrogens with zero attached hydrogens (tertiary/aromatic N) is 1. The van der Waals surface area contributed by atoms with Gasteiger partial charge in [-0.25, -0.2) is 13.8 Å². The molecule has 1 heterocycles. The van der Waals surface area contributed by atoms with Crippen molar-refractivity contribution >= 4 is 27.3 Å². The number of aryl methyl sites for hydroxylation is 1. The number of rotatable bonds is 5. The van der Waals surface area contributed by atoms with Crippen molar-refractivity contribution in [1.82, 2.24) is 10.3 Å². The van der Waals surface area contributed by atoms with Crippen LogP contribution in [0.4, 0.5) is 8.78 Å². The second kappa shape index (κ2) is 6.74. The monoisotopic (exact) mass is 360 g/mol. The van der Waals surface area contributed by atoms with Gasteiger partial charge < -0.3 is 5.32 Å². The van der Waals surface area contributed by atoms with Crippen molar-refractivity contribution in [3.63, 3.8) is 0 Å². The molecule has 0 aliphatic heterocycles. The van der Waals surface area contributed by atoms with E-state index in [0.29, 0.717) is 0 Å². The van der Waals surface area contributed by atoms with Crippen LogP contribution in [0.15, 0.2) is 22.8 Å². The van der Waals surface area contributed by atoms with Gasteiger partial charge in [-0.1, -0.05) is 6.92 Å². The number of thiazole rings is 1. The zero-order valence-electron chi connectivity index (χ0n) is 11.2. The average molecular weight is 361 g/mol. The normalized spacial score (nSPS) is 12.7. The lowest BCUT2D eigenvalue weighted by Gasteiger charge is -2.12. The van der Waals surface area contributed by atoms with Crippen LogP contribution < -0.4 is 5.32 Å². The van der Waals surface area contributed by atoms with Crippen LogP contribution in [0.2, 0.25) is 0 Å². The lowest BCUT2D eigenvalue weighted by Crippen LogP contribution is -2.19. The van der Waals surface area contributed by atoms with Crippen molar-refractivity contribution in [2.24, 2.45) is 0 Å². The van der Waals surface area contributed by atoms with Gasteiger partial charge >= 0.3 is 0 Å². The minimum atomic E-state index is -0.557. The van der Waals surface area contributed by atoms with E-state index < -0.39 is 11.6 Å². The van der Waals surface area contributed by atoms with Crippen LogP contribution in [0.1, 0.15) is 35.3 Å². The first kappa shape index (κ1) is 15.5. The van der Waals surface area contributed by atoms with Gasteiger partial charge in [-0.15, -0.1) is 11.3 Å². The fourth-order valence-corrected chi connectivity index (χ4v) is 3.02. The summed E-state index contributed by atoms with van der Waals surface area (Å²) in [4.78, 5) is 5.52. The van der Waals surface area contributed by atoms with E-state index in [4.69, 9.17) is 0 Å². The third-order valence-corrected chi connectivity index (χ3v) is 4.95. The highest BCUT2D eigenvalue weighted by molar-refractivity contribution is 9.10. The lowest BCUT2D eigenvalue weighted by molar-refractivity contribution is 0.506. The molecule has 1 unspecified atom stereocenters. The molecule has 1 N–H and O–H groups in total. The molecule has 0 bridgehead atoms. The van der Waals surface area contributed by atoms with E-state index in [-0.39, 0.29) is 22.6 Å². The summed E-state index contributed by atoms with van der Waals surface area (Å²) in [5.74, 6) is -1.10. The van der Waals surface area contributed by atoms with E-state index in [1.165, 1.54) is 17.0 Å². The summed E-state index contributed by atoms with van der Waals surface area (Å²) in [6.07, 6.45) is 2.79. The molecule has 2 nitrogen and oxygen atoms in total. The summed E-state index contributed by atoms with van der Waals surface area (Å²) in [6.45, 7) is 4.13. The second-order valence-corrected chi connectivity index (χ2v) is 6.44. The summed E-state index contributed by atoms with van der Waals surface area (Å²) in [7, 11) is 0. The Labute approximate surface area is 129 Å². The topological polar surface area (TPSA) is 24.9 Å². The maximum absolute atomic E-state index is 13.8. The molecule has 0 fully saturated rings. The Kier molecular flexibility index (Phi) is 5.23. The fraction of sp³-hybridized carbons (Fsp3) is 0.357. The molecule has 1 aromatic heterocycles. The predicted molar refractivity (Wildman–Crippen MR) is 80.8 cm³/mol. The fourth-order valence-electron chi connectivity index (χ4n) is 1.76. The van der Waals surface area contributed by atoms with Crippen LogP contribution in [0.25, 0.3) is 0 Å². The van der Waals surface area contributed by atoms with Crippen LogP contribution in [0.3, 0.4) is 0 Å². The molecule has 1 atom stereocenters. The molecule has 0 spiro atoms. The van der Waals surface area contributed by atoms with Crippen molar-refractivity contribution in [3.05, 3.63) is 49.9 Å². The molecule has 0 aliphatic carbocycles. The van der Waals surface area contributed by atoms with Crippen LogP contribution in [0.5, 0.6) is 0 Å². The summed E-state index contributed by atoms with van der Waals surface area (Å²) in [5, 5.41) is 4.04. The molecule has 0 saturated carbocycles. The Morgan fingerprint density at radius 3 is 2.80 bits per heavy atom. The maximum Gasteiger partial charge on any atom is 0.144 e. The SMILES string of the molecule is CCc1cnc(C(C)NCc2c(F)ccc(Br)c2F)s1. The molecule has 20 heavy (non-hydrogen) atoms. The minimum absolute atomic E-state index is 0.0403. The van der Waals surface area contributed by atoms with E-state index in [2.05, 4.69) is 33.2 Å². The van der Waals surface area contributed by atoms with Gasteiger partial charge in [0.15, 0.2) is 0 Å². The van der Waals surface area contributed by atoms with Gasteiger partial charge in [0.25, 0.3) is 0 Å². The van der Waals surface area contributed by atoms with Crippen LogP contribution >= 0.6 is 27.3 Å². The minimum Gasteiger partial charge on any atom is -0.304 e. The molecule has 0 amide bonds. The highest BCUT2D eigenvalue weighted by Crippen LogP contribution is 2.24. The van der Waals surface area contributed by atoms with Crippen molar-refractivity contribution in [2.75, 3.05) is 0 Å². The van der Waals surface area contributed by atoms with Crippen molar-refractivity contribution in [2.45, 2.75) is 32.9 Å². The van der Waals surface area contributed by atoms with Gasteiger partial charge in [0.05, 0.1) is 10.5 Å². The van der Waals surface area contributed by atoms with Gasteiger partial charge in [-0.3, -0.25) is 0 Å². The molecule has 0 saturated heterocycles. The average Bonchev–Trinajstić information content (AvgIpc) is 2.92.